The number of imide groups is 1. The number of halogens is 2. The van der Waals surface area contributed by atoms with Crippen LogP contribution in [0.15, 0.2) is 22.7 Å². The zero-order valence-corrected chi connectivity index (χ0v) is 11.1. The molecule has 6 heteroatoms. The van der Waals surface area contributed by atoms with E-state index in [0.29, 0.717) is 10.2 Å². The number of likely N-dealkylation sites (tertiary alicyclic amines) is 1. The van der Waals surface area contributed by atoms with Crippen molar-refractivity contribution in [1.29, 1.82) is 0 Å². The Hall–Kier alpha value is -1.43. The quantitative estimate of drug-likeness (QED) is 0.800. The lowest BCUT2D eigenvalue weighted by atomic mass is 10.3. The molecule has 1 saturated heterocycles. The molecule has 0 radical (unpaired) electrons. The van der Waals surface area contributed by atoms with E-state index in [1.807, 2.05) is 0 Å². The van der Waals surface area contributed by atoms with Crippen molar-refractivity contribution in [3.63, 3.8) is 0 Å². The van der Waals surface area contributed by atoms with Crippen molar-refractivity contribution in [2.75, 3.05) is 13.2 Å². The Morgan fingerprint density at radius 1 is 1.22 bits per heavy atom. The van der Waals surface area contributed by atoms with Gasteiger partial charge in [0.05, 0.1) is 6.54 Å². The van der Waals surface area contributed by atoms with Crippen molar-refractivity contribution in [2.24, 2.45) is 0 Å². The van der Waals surface area contributed by atoms with Crippen LogP contribution in [0.1, 0.15) is 12.8 Å². The molecule has 96 valence electrons. The standard InChI is InChI=1S/C12H11BrFNO3/c13-8-5-9(14)7-10(6-8)18-4-3-15-11(16)1-2-12(15)17/h5-7H,1-4H2. The zero-order valence-electron chi connectivity index (χ0n) is 9.49. The molecule has 1 aromatic carbocycles. The van der Waals surface area contributed by atoms with Crippen LogP contribution in [0.4, 0.5) is 4.39 Å². The number of carbonyl (C=O) groups excluding carboxylic acids is 2. The summed E-state index contributed by atoms with van der Waals surface area (Å²) < 4.78 is 18.9. The molecular weight excluding hydrogens is 305 g/mol. The summed E-state index contributed by atoms with van der Waals surface area (Å²) in [7, 11) is 0. The van der Waals surface area contributed by atoms with E-state index in [1.54, 1.807) is 6.07 Å². The molecule has 0 spiro atoms. The van der Waals surface area contributed by atoms with Crippen molar-refractivity contribution in [2.45, 2.75) is 12.8 Å². The molecule has 0 atom stereocenters. The summed E-state index contributed by atoms with van der Waals surface area (Å²) in [6.07, 6.45) is 0.536. The highest BCUT2D eigenvalue weighted by Crippen LogP contribution is 2.20. The summed E-state index contributed by atoms with van der Waals surface area (Å²) in [5.41, 5.74) is 0. The van der Waals surface area contributed by atoms with E-state index in [1.165, 1.54) is 17.0 Å². The van der Waals surface area contributed by atoms with Gasteiger partial charge in [0.25, 0.3) is 0 Å². The first kappa shape index (κ1) is 13.0. The average molecular weight is 316 g/mol. The number of rotatable bonds is 4. The normalized spacial score (nSPS) is 15.3. The van der Waals surface area contributed by atoms with E-state index in [0.717, 1.165) is 0 Å². The summed E-state index contributed by atoms with van der Waals surface area (Å²) in [5, 5.41) is 0. The molecule has 1 aliphatic rings. The van der Waals surface area contributed by atoms with E-state index in [9.17, 15) is 14.0 Å². The lowest BCUT2D eigenvalue weighted by Crippen LogP contribution is -2.33. The number of carbonyl (C=O) groups is 2. The largest absolute Gasteiger partial charge is 0.492 e. The lowest BCUT2D eigenvalue weighted by molar-refractivity contribution is -0.138. The number of hydrogen-bond acceptors (Lipinski definition) is 3. The van der Waals surface area contributed by atoms with Crippen molar-refractivity contribution in [1.82, 2.24) is 4.90 Å². The lowest BCUT2D eigenvalue weighted by Gasteiger charge is -2.14. The molecule has 1 heterocycles. The van der Waals surface area contributed by atoms with Crippen LogP contribution in [0.5, 0.6) is 5.75 Å². The Bertz CT molecular complexity index is 456. The van der Waals surface area contributed by atoms with Crippen LogP contribution in [-0.4, -0.2) is 29.9 Å². The van der Waals surface area contributed by atoms with Crippen molar-refractivity contribution in [3.05, 3.63) is 28.5 Å². The number of hydrogen-bond donors (Lipinski definition) is 0. The summed E-state index contributed by atoms with van der Waals surface area (Å²) in [5.74, 6) is -0.401. The van der Waals surface area contributed by atoms with E-state index >= 15 is 0 Å². The van der Waals surface area contributed by atoms with Crippen LogP contribution in [0, 0.1) is 5.82 Å². The summed E-state index contributed by atoms with van der Waals surface area (Å²) in [6, 6.07) is 4.19. The van der Waals surface area contributed by atoms with E-state index in [2.05, 4.69) is 15.9 Å². The van der Waals surface area contributed by atoms with Crippen molar-refractivity contribution >= 4 is 27.7 Å². The minimum atomic E-state index is -0.410. The minimum Gasteiger partial charge on any atom is -0.492 e. The van der Waals surface area contributed by atoms with Gasteiger partial charge in [-0.15, -0.1) is 0 Å². The van der Waals surface area contributed by atoms with Crippen LogP contribution < -0.4 is 4.74 Å². The molecule has 1 fully saturated rings. The van der Waals surface area contributed by atoms with Crippen LogP contribution >= 0.6 is 15.9 Å². The Balaban J connectivity index is 1.88. The highest BCUT2D eigenvalue weighted by Gasteiger charge is 2.28. The van der Waals surface area contributed by atoms with Crippen molar-refractivity contribution in [3.8, 4) is 5.75 Å². The first-order chi connectivity index (χ1) is 8.56. The molecule has 18 heavy (non-hydrogen) atoms. The molecule has 2 amide bonds. The van der Waals surface area contributed by atoms with Gasteiger partial charge in [-0.25, -0.2) is 4.39 Å². The second kappa shape index (κ2) is 5.48. The van der Waals surface area contributed by atoms with Crippen LogP contribution in [0.25, 0.3) is 0 Å². The fourth-order valence-corrected chi connectivity index (χ4v) is 2.18. The Morgan fingerprint density at radius 3 is 2.50 bits per heavy atom. The fourth-order valence-electron chi connectivity index (χ4n) is 1.74. The first-order valence-electron chi connectivity index (χ1n) is 5.48. The van der Waals surface area contributed by atoms with Crippen LogP contribution in [0.2, 0.25) is 0 Å². The SMILES string of the molecule is O=C1CCC(=O)N1CCOc1cc(F)cc(Br)c1. The Morgan fingerprint density at radius 2 is 1.89 bits per heavy atom. The molecule has 0 unspecified atom stereocenters. The summed E-state index contributed by atoms with van der Waals surface area (Å²) >= 11 is 3.15. The molecule has 0 saturated carbocycles. The molecule has 0 aliphatic carbocycles. The molecule has 1 aromatic rings. The number of nitrogens with zero attached hydrogens (tertiary/aromatic N) is 1. The maximum Gasteiger partial charge on any atom is 0.229 e. The van der Waals surface area contributed by atoms with E-state index in [4.69, 9.17) is 4.74 Å². The van der Waals surface area contributed by atoms with Gasteiger partial charge in [0.15, 0.2) is 0 Å². The van der Waals surface area contributed by atoms with Gasteiger partial charge in [-0.2, -0.15) is 0 Å². The minimum absolute atomic E-state index is 0.160. The molecule has 0 bridgehead atoms. The van der Waals surface area contributed by atoms with E-state index < -0.39 is 5.82 Å². The molecule has 1 aliphatic heterocycles. The maximum absolute atomic E-state index is 13.1. The summed E-state index contributed by atoms with van der Waals surface area (Å²) in [4.78, 5) is 23.8. The highest BCUT2D eigenvalue weighted by molar-refractivity contribution is 9.10. The molecule has 0 aromatic heterocycles. The van der Waals surface area contributed by atoms with Crippen LogP contribution in [-0.2, 0) is 9.59 Å². The highest BCUT2D eigenvalue weighted by atomic mass is 79.9. The molecule has 4 nitrogen and oxygen atoms in total. The number of benzene rings is 1. The van der Waals surface area contributed by atoms with Gasteiger partial charge in [0.2, 0.25) is 11.8 Å². The zero-order chi connectivity index (χ0) is 13.1. The maximum atomic E-state index is 13.1. The Labute approximate surface area is 112 Å². The third kappa shape index (κ3) is 3.07. The third-order valence-electron chi connectivity index (χ3n) is 2.57. The average Bonchev–Trinajstić information content (AvgIpc) is 2.59. The molecule has 0 N–H and O–H groups in total. The van der Waals surface area contributed by atoms with Crippen LogP contribution in [0.3, 0.4) is 0 Å². The molecule has 2 rings (SSSR count). The van der Waals surface area contributed by atoms with Gasteiger partial charge in [-0.1, -0.05) is 15.9 Å². The predicted octanol–water partition coefficient (Wildman–Crippen LogP) is 2.12. The van der Waals surface area contributed by atoms with Crippen molar-refractivity contribution < 1.29 is 18.7 Å². The monoisotopic (exact) mass is 315 g/mol. The van der Waals surface area contributed by atoms with Gasteiger partial charge in [0, 0.05) is 23.4 Å². The number of amides is 2. The second-order valence-corrected chi connectivity index (χ2v) is 4.81. The third-order valence-corrected chi connectivity index (χ3v) is 3.03. The second-order valence-electron chi connectivity index (χ2n) is 3.89. The smallest absolute Gasteiger partial charge is 0.229 e. The Kier molecular flexibility index (Phi) is 3.96. The van der Waals surface area contributed by atoms with Gasteiger partial charge in [-0.3, -0.25) is 14.5 Å². The summed E-state index contributed by atoms with van der Waals surface area (Å²) in [6.45, 7) is 0.360. The molecular formula is C12H11BrFNO3. The first-order valence-corrected chi connectivity index (χ1v) is 6.27. The number of ether oxygens (including phenoxy) is 1. The van der Waals surface area contributed by atoms with Gasteiger partial charge < -0.3 is 4.74 Å². The topological polar surface area (TPSA) is 46.6 Å². The van der Waals surface area contributed by atoms with E-state index in [-0.39, 0.29) is 37.8 Å². The predicted molar refractivity (Wildman–Crippen MR) is 65.5 cm³/mol. The fraction of sp³-hybridized carbons (Fsp3) is 0.333. The van der Waals surface area contributed by atoms with Gasteiger partial charge in [0.1, 0.15) is 18.2 Å². The van der Waals surface area contributed by atoms with Gasteiger partial charge in [-0.05, 0) is 12.1 Å². The van der Waals surface area contributed by atoms with Gasteiger partial charge >= 0.3 is 0 Å².